The van der Waals surface area contributed by atoms with Crippen LogP contribution in [0.5, 0.6) is 0 Å². The Morgan fingerprint density at radius 2 is 2.04 bits per heavy atom. The van der Waals surface area contributed by atoms with Crippen molar-refractivity contribution in [2.24, 2.45) is 0 Å². The number of nitrogens with one attached hydrogen (secondary N) is 1. The van der Waals surface area contributed by atoms with E-state index < -0.39 is 11.2 Å². The number of fused-ring (bicyclic) bond motifs is 1. The molecule has 0 aliphatic rings. The number of hydrogen-bond acceptors (Lipinski definition) is 4. The van der Waals surface area contributed by atoms with E-state index in [2.05, 4.69) is 5.32 Å². The van der Waals surface area contributed by atoms with Crippen molar-refractivity contribution in [3.63, 3.8) is 0 Å². The first-order valence-corrected chi connectivity index (χ1v) is 8.11. The number of benzene rings is 1. The normalized spacial score (nSPS) is 11.0. The minimum absolute atomic E-state index is 0.213. The third-order valence-corrected chi connectivity index (χ3v) is 4.08. The van der Waals surface area contributed by atoms with Crippen LogP contribution in [-0.4, -0.2) is 15.0 Å². The SMILES string of the molecule is CCn1c(=O)c2ccc(Cl)cc2n(CC(=O)NCc2ccco2)c1=O. The second-order valence-electron chi connectivity index (χ2n) is 5.44. The van der Waals surface area contributed by atoms with Crippen LogP contribution in [0, 0.1) is 0 Å². The third kappa shape index (κ3) is 3.36. The molecule has 0 radical (unpaired) electrons. The van der Waals surface area contributed by atoms with Crippen molar-refractivity contribution < 1.29 is 9.21 Å². The van der Waals surface area contributed by atoms with Gasteiger partial charge in [0.1, 0.15) is 12.3 Å². The number of carbonyl (C=O) groups is 1. The first-order chi connectivity index (χ1) is 12.0. The highest BCUT2D eigenvalue weighted by atomic mass is 35.5. The fraction of sp³-hybridized carbons (Fsp3) is 0.235. The van der Waals surface area contributed by atoms with Crippen LogP contribution >= 0.6 is 11.6 Å². The highest BCUT2D eigenvalue weighted by Gasteiger charge is 2.15. The highest BCUT2D eigenvalue weighted by molar-refractivity contribution is 6.31. The lowest BCUT2D eigenvalue weighted by molar-refractivity contribution is -0.121. The van der Waals surface area contributed by atoms with E-state index in [1.807, 2.05) is 0 Å². The molecule has 0 aliphatic carbocycles. The van der Waals surface area contributed by atoms with Gasteiger partial charge in [0.2, 0.25) is 5.91 Å². The highest BCUT2D eigenvalue weighted by Crippen LogP contribution is 2.15. The lowest BCUT2D eigenvalue weighted by Crippen LogP contribution is -2.42. The van der Waals surface area contributed by atoms with Crippen molar-refractivity contribution in [2.75, 3.05) is 0 Å². The number of hydrogen-bond donors (Lipinski definition) is 1. The summed E-state index contributed by atoms with van der Waals surface area (Å²) < 4.78 is 7.50. The van der Waals surface area contributed by atoms with Crippen LogP contribution in [0.25, 0.3) is 10.9 Å². The molecule has 0 saturated carbocycles. The summed E-state index contributed by atoms with van der Waals surface area (Å²) in [6, 6.07) is 8.11. The van der Waals surface area contributed by atoms with Crippen LogP contribution < -0.4 is 16.6 Å². The van der Waals surface area contributed by atoms with Gasteiger partial charge in [0.15, 0.2) is 0 Å². The summed E-state index contributed by atoms with van der Waals surface area (Å²) >= 11 is 6.00. The molecule has 0 spiro atoms. The summed E-state index contributed by atoms with van der Waals surface area (Å²) in [6.07, 6.45) is 1.51. The predicted molar refractivity (Wildman–Crippen MR) is 93.7 cm³/mol. The van der Waals surface area contributed by atoms with Gasteiger partial charge in [-0.1, -0.05) is 11.6 Å². The van der Waals surface area contributed by atoms with Gasteiger partial charge in [0.25, 0.3) is 5.56 Å². The smallest absolute Gasteiger partial charge is 0.331 e. The Morgan fingerprint density at radius 3 is 2.72 bits per heavy atom. The first kappa shape index (κ1) is 17.0. The molecule has 7 nitrogen and oxygen atoms in total. The quantitative estimate of drug-likeness (QED) is 0.750. The molecular formula is C17H16ClN3O4. The average Bonchev–Trinajstić information content (AvgIpc) is 3.10. The lowest BCUT2D eigenvalue weighted by atomic mass is 10.2. The lowest BCUT2D eigenvalue weighted by Gasteiger charge is -2.13. The van der Waals surface area contributed by atoms with E-state index in [-0.39, 0.29) is 25.5 Å². The van der Waals surface area contributed by atoms with E-state index >= 15 is 0 Å². The Labute approximate surface area is 147 Å². The summed E-state index contributed by atoms with van der Waals surface area (Å²) in [5.41, 5.74) is -0.609. The maximum absolute atomic E-state index is 12.6. The standard InChI is InChI=1S/C17H16ClN3O4/c1-2-20-16(23)13-6-5-11(18)8-14(13)21(17(20)24)10-15(22)19-9-12-4-3-7-25-12/h3-8H,2,9-10H2,1H3,(H,19,22). The number of halogens is 1. The predicted octanol–water partition coefficient (Wildman–Crippen LogP) is 1.75. The molecule has 0 saturated heterocycles. The molecule has 3 rings (SSSR count). The van der Waals surface area contributed by atoms with Crippen molar-refractivity contribution in [3.05, 3.63) is 68.2 Å². The zero-order valence-electron chi connectivity index (χ0n) is 13.5. The Morgan fingerprint density at radius 1 is 1.24 bits per heavy atom. The Bertz CT molecular complexity index is 1030. The monoisotopic (exact) mass is 361 g/mol. The molecule has 8 heteroatoms. The molecule has 0 bridgehead atoms. The van der Waals surface area contributed by atoms with E-state index in [0.717, 1.165) is 4.57 Å². The number of aromatic nitrogens is 2. The molecule has 0 unspecified atom stereocenters. The van der Waals surface area contributed by atoms with Crippen LogP contribution in [0.4, 0.5) is 0 Å². The van der Waals surface area contributed by atoms with Gasteiger partial charge in [-0.3, -0.25) is 18.7 Å². The van der Waals surface area contributed by atoms with E-state index in [0.29, 0.717) is 21.7 Å². The number of furan rings is 1. The molecule has 0 fully saturated rings. The third-order valence-electron chi connectivity index (χ3n) is 3.85. The summed E-state index contributed by atoms with van der Waals surface area (Å²) in [4.78, 5) is 37.2. The fourth-order valence-corrected chi connectivity index (χ4v) is 2.79. The van der Waals surface area contributed by atoms with Crippen molar-refractivity contribution in [1.29, 1.82) is 0 Å². The van der Waals surface area contributed by atoms with Crippen molar-refractivity contribution in [2.45, 2.75) is 26.6 Å². The van der Waals surface area contributed by atoms with Crippen LogP contribution in [0.1, 0.15) is 12.7 Å². The van der Waals surface area contributed by atoms with Crippen LogP contribution in [0.2, 0.25) is 5.02 Å². The summed E-state index contributed by atoms with van der Waals surface area (Å²) in [6.45, 7) is 1.90. The minimum Gasteiger partial charge on any atom is -0.467 e. The second kappa shape index (κ2) is 6.98. The maximum atomic E-state index is 12.6. The zero-order valence-corrected chi connectivity index (χ0v) is 14.2. The molecule has 2 heterocycles. The van der Waals surface area contributed by atoms with Crippen LogP contribution in [0.3, 0.4) is 0 Å². The molecule has 25 heavy (non-hydrogen) atoms. The van der Waals surface area contributed by atoms with Crippen LogP contribution in [0.15, 0.2) is 50.6 Å². The Balaban J connectivity index is 1.99. The molecule has 1 aromatic carbocycles. The number of nitrogens with zero attached hydrogens (tertiary/aromatic N) is 2. The number of carbonyl (C=O) groups excluding carboxylic acids is 1. The minimum atomic E-state index is -0.546. The summed E-state index contributed by atoms with van der Waals surface area (Å²) in [5.74, 6) is 0.230. The first-order valence-electron chi connectivity index (χ1n) is 7.73. The zero-order chi connectivity index (χ0) is 18.0. The van der Waals surface area contributed by atoms with Gasteiger partial charge in [-0.05, 0) is 37.3 Å². The van der Waals surface area contributed by atoms with Gasteiger partial charge < -0.3 is 9.73 Å². The molecule has 0 atom stereocenters. The summed E-state index contributed by atoms with van der Waals surface area (Å²) in [5, 5.41) is 3.40. The van der Waals surface area contributed by atoms with Gasteiger partial charge >= 0.3 is 5.69 Å². The summed E-state index contributed by atoms with van der Waals surface area (Å²) in [7, 11) is 0. The van der Waals surface area contributed by atoms with Crippen molar-refractivity contribution in [3.8, 4) is 0 Å². The van der Waals surface area contributed by atoms with Gasteiger partial charge in [-0.2, -0.15) is 0 Å². The largest absolute Gasteiger partial charge is 0.467 e. The van der Waals surface area contributed by atoms with E-state index in [1.165, 1.54) is 16.9 Å². The van der Waals surface area contributed by atoms with Gasteiger partial charge in [0, 0.05) is 11.6 Å². The van der Waals surface area contributed by atoms with Crippen molar-refractivity contribution in [1.82, 2.24) is 14.5 Å². The molecule has 0 aliphatic heterocycles. The molecular weight excluding hydrogens is 346 g/mol. The number of amides is 1. The average molecular weight is 362 g/mol. The molecule has 1 amide bonds. The van der Waals surface area contributed by atoms with E-state index in [9.17, 15) is 14.4 Å². The molecule has 1 N–H and O–H groups in total. The Kier molecular flexibility index (Phi) is 4.76. The van der Waals surface area contributed by atoms with Gasteiger partial charge in [-0.25, -0.2) is 4.79 Å². The van der Waals surface area contributed by atoms with Crippen LogP contribution in [-0.2, 0) is 24.4 Å². The maximum Gasteiger partial charge on any atom is 0.331 e. The fourth-order valence-electron chi connectivity index (χ4n) is 2.62. The van der Waals surface area contributed by atoms with E-state index in [1.54, 1.807) is 31.2 Å². The Hall–Kier alpha value is -2.80. The number of rotatable bonds is 5. The second-order valence-corrected chi connectivity index (χ2v) is 5.87. The van der Waals surface area contributed by atoms with Gasteiger partial charge in [-0.15, -0.1) is 0 Å². The molecule has 3 aromatic rings. The molecule has 2 aromatic heterocycles. The van der Waals surface area contributed by atoms with E-state index in [4.69, 9.17) is 16.0 Å². The van der Waals surface area contributed by atoms with Gasteiger partial charge in [0.05, 0.1) is 23.7 Å². The molecule has 130 valence electrons. The van der Waals surface area contributed by atoms with Crippen molar-refractivity contribution >= 4 is 28.4 Å². The topological polar surface area (TPSA) is 86.2 Å².